The Morgan fingerprint density at radius 2 is 2.29 bits per heavy atom. The summed E-state index contributed by atoms with van der Waals surface area (Å²) in [4.78, 5) is 17.9. The summed E-state index contributed by atoms with van der Waals surface area (Å²) in [6, 6.07) is 2.62. The zero-order valence-corrected chi connectivity index (χ0v) is 12.7. The van der Waals surface area contributed by atoms with Gasteiger partial charge in [0.25, 0.3) is 0 Å². The van der Waals surface area contributed by atoms with Gasteiger partial charge in [-0.15, -0.1) is 0 Å². The van der Waals surface area contributed by atoms with E-state index in [1.807, 2.05) is 0 Å². The summed E-state index contributed by atoms with van der Waals surface area (Å²) in [5.41, 5.74) is 1.60. The molecule has 0 fully saturated rings. The number of benzene rings is 1. The lowest BCUT2D eigenvalue weighted by atomic mass is 10.1. The number of halogens is 3. The van der Waals surface area contributed by atoms with Crippen LogP contribution in [0.25, 0.3) is 21.9 Å². The van der Waals surface area contributed by atoms with Crippen molar-refractivity contribution < 1.29 is 14.3 Å². The SMILES string of the molecule is O=C(O)NCc1cc(F)cc2c1[nH]c1ncc(Br)c(Cl)c12. The third kappa shape index (κ3) is 2.43. The minimum absolute atomic E-state index is 0.0186. The van der Waals surface area contributed by atoms with Crippen LogP contribution in [0.15, 0.2) is 22.8 Å². The topological polar surface area (TPSA) is 78.0 Å². The Labute approximate surface area is 131 Å². The number of hydrogen-bond donors (Lipinski definition) is 3. The van der Waals surface area contributed by atoms with Crippen molar-refractivity contribution in [1.82, 2.24) is 15.3 Å². The number of nitrogens with zero attached hydrogens (tertiary/aromatic N) is 1. The molecule has 3 aromatic rings. The van der Waals surface area contributed by atoms with Crippen LogP contribution in [0.1, 0.15) is 5.56 Å². The van der Waals surface area contributed by atoms with Gasteiger partial charge in [-0.25, -0.2) is 14.2 Å². The van der Waals surface area contributed by atoms with Crippen LogP contribution in [0.2, 0.25) is 5.02 Å². The first-order chi connectivity index (χ1) is 9.97. The number of hydrogen-bond acceptors (Lipinski definition) is 2. The van der Waals surface area contributed by atoms with E-state index < -0.39 is 11.9 Å². The summed E-state index contributed by atoms with van der Waals surface area (Å²) in [5.74, 6) is -0.471. The lowest BCUT2D eigenvalue weighted by Crippen LogP contribution is -2.20. The molecule has 108 valence electrons. The van der Waals surface area contributed by atoms with Gasteiger partial charge < -0.3 is 15.4 Å². The van der Waals surface area contributed by atoms with Gasteiger partial charge in [0.1, 0.15) is 11.5 Å². The number of aromatic nitrogens is 2. The third-order valence-corrected chi connectivity index (χ3v) is 4.32. The number of carboxylic acid groups (broad SMARTS) is 1. The fraction of sp³-hybridized carbons (Fsp3) is 0.0769. The number of rotatable bonds is 2. The van der Waals surface area contributed by atoms with Gasteiger partial charge in [-0.05, 0) is 33.6 Å². The largest absolute Gasteiger partial charge is 0.465 e. The molecule has 1 aromatic carbocycles. The maximum Gasteiger partial charge on any atom is 0.404 e. The van der Waals surface area contributed by atoms with Crippen LogP contribution in [0.5, 0.6) is 0 Å². The Hall–Kier alpha value is -1.86. The molecule has 2 heterocycles. The maximum absolute atomic E-state index is 13.8. The maximum atomic E-state index is 13.8. The fourth-order valence-corrected chi connectivity index (χ4v) is 2.78. The molecule has 0 unspecified atom stereocenters. The van der Waals surface area contributed by atoms with E-state index in [1.54, 1.807) is 6.20 Å². The molecule has 0 aliphatic carbocycles. The van der Waals surface area contributed by atoms with Crippen LogP contribution in [-0.4, -0.2) is 21.2 Å². The average Bonchev–Trinajstić information content (AvgIpc) is 2.79. The average molecular weight is 373 g/mol. The Balaban J connectivity index is 2.31. The highest BCUT2D eigenvalue weighted by atomic mass is 79.9. The highest BCUT2D eigenvalue weighted by Gasteiger charge is 2.15. The molecule has 8 heteroatoms. The zero-order valence-electron chi connectivity index (χ0n) is 10.4. The van der Waals surface area contributed by atoms with Crippen LogP contribution < -0.4 is 5.32 Å². The van der Waals surface area contributed by atoms with Crippen LogP contribution in [0.3, 0.4) is 0 Å². The normalized spacial score (nSPS) is 11.2. The molecule has 0 aliphatic heterocycles. The standard InChI is InChI=1S/C13H8BrClFN3O2/c14-8-4-17-12-9(10(8)15)7-2-6(16)1-5(11(7)19-12)3-18-13(20)21/h1-2,4,18H,3H2,(H,17,19)(H,20,21). The van der Waals surface area contributed by atoms with Crippen molar-refractivity contribution in [1.29, 1.82) is 0 Å². The van der Waals surface area contributed by atoms with E-state index in [1.165, 1.54) is 12.1 Å². The predicted octanol–water partition coefficient (Wildman–Crippen LogP) is 4.04. The Morgan fingerprint density at radius 3 is 3.00 bits per heavy atom. The van der Waals surface area contributed by atoms with Gasteiger partial charge >= 0.3 is 6.09 Å². The Kier molecular flexibility index (Phi) is 3.46. The highest BCUT2D eigenvalue weighted by Crippen LogP contribution is 2.36. The van der Waals surface area contributed by atoms with Gasteiger partial charge in [-0.2, -0.15) is 0 Å². The second-order valence-corrected chi connectivity index (χ2v) is 5.65. The minimum atomic E-state index is -1.18. The molecule has 0 saturated heterocycles. The number of carbonyl (C=O) groups is 1. The summed E-state index contributed by atoms with van der Waals surface area (Å²) in [6.07, 6.45) is 0.369. The van der Waals surface area contributed by atoms with E-state index in [0.29, 0.717) is 37.0 Å². The molecule has 0 bridgehead atoms. The van der Waals surface area contributed by atoms with Crippen molar-refractivity contribution in [3.8, 4) is 0 Å². The van der Waals surface area contributed by atoms with Crippen molar-refractivity contribution in [3.05, 3.63) is 39.2 Å². The highest BCUT2D eigenvalue weighted by molar-refractivity contribution is 9.10. The molecule has 5 nitrogen and oxygen atoms in total. The molecule has 21 heavy (non-hydrogen) atoms. The van der Waals surface area contributed by atoms with Crippen molar-refractivity contribution in [2.24, 2.45) is 0 Å². The first-order valence-electron chi connectivity index (χ1n) is 5.88. The van der Waals surface area contributed by atoms with E-state index in [4.69, 9.17) is 16.7 Å². The van der Waals surface area contributed by atoms with E-state index >= 15 is 0 Å². The number of H-pyrrole nitrogens is 1. The molecular formula is C13H8BrClFN3O2. The van der Waals surface area contributed by atoms with Crippen LogP contribution in [0.4, 0.5) is 9.18 Å². The summed E-state index contributed by atoms with van der Waals surface area (Å²) >= 11 is 9.52. The van der Waals surface area contributed by atoms with E-state index in [2.05, 4.69) is 31.2 Å². The quantitative estimate of drug-likeness (QED) is 0.635. The molecule has 0 saturated carbocycles. The monoisotopic (exact) mass is 371 g/mol. The van der Waals surface area contributed by atoms with Gasteiger partial charge in [-0.3, -0.25) is 0 Å². The van der Waals surface area contributed by atoms with E-state index in [9.17, 15) is 9.18 Å². The predicted molar refractivity (Wildman–Crippen MR) is 81.1 cm³/mol. The summed E-state index contributed by atoms with van der Waals surface area (Å²) in [7, 11) is 0. The Morgan fingerprint density at radius 1 is 1.52 bits per heavy atom. The Bertz CT molecular complexity index is 881. The van der Waals surface area contributed by atoms with Gasteiger partial charge in [0, 0.05) is 23.5 Å². The molecule has 3 N–H and O–H groups in total. The summed E-state index contributed by atoms with van der Waals surface area (Å²) < 4.78 is 14.4. The number of fused-ring (bicyclic) bond motifs is 3. The van der Waals surface area contributed by atoms with E-state index in [0.717, 1.165) is 0 Å². The first kappa shape index (κ1) is 14.1. The molecular weight excluding hydrogens is 365 g/mol. The number of aromatic amines is 1. The zero-order chi connectivity index (χ0) is 15.1. The van der Waals surface area contributed by atoms with Crippen molar-refractivity contribution >= 4 is 55.6 Å². The van der Waals surface area contributed by atoms with Crippen molar-refractivity contribution in [2.75, 3.05) is 0 Å². The number of pyridine rings is 1. The number of amides is 1. The van der Waals surface area contributed by atoms with Gasteiger partial charge in [0.2, 0.25) is 0 Å². The second-order valence-electron chi connectivity index (χ2n) is 4.41. The van der Waals surface area contributed by atoms with E-state index in [-0.39, 0.29) is 6.54 Å². The lowest BCUT2D eigenvalue weighted by Gasteiger charge is -2.04. The minimum Gasteiger partial charge on any atom is -0.465 e. The number of nitrogens with one attached hydrogen (secondary N) is 2. The molecule has 1 amide bonds. The lowest BCUT2D eigenvalue weighted by molar-refractivity contribution is 0.194. The second kappa shape index (κ2) is 5.16. The van der Waals surface area contributed by atoms with Crippen LogP contribution in [-0.2, 0) is 6.54 Å². The molecule has 0 aliphatic rings. The van der Waals surface area contributed by atoms with Crippen LogP contribution in [0, 0.1) is 5.82 Å². The van der Waals surface area contributed by atoms with Gasteiger partial charge in [0.05, 0.1) is 15.0 Å². The molecule has 0 spiro atoms. The smallest absolute Gasteiger partial charge is 0.404 e. The summed E-state index contributed by atoms with van der Waals surface area (Å²) in [5, 5.41) is 12.5. The van der Waals surface area contributed by atoms with Crippen molar-refractivity contribution in [2.45, 2.75) is 6.54 Å². The first-order valence-corrected chi connectivity index (χ1v) is 7.05. The van der Waals surface area contributed by atoms with Gasteiger partial charge in [0.15, 0.2) is 0 Å². The van der Waals surface area contributed by atoms with Gasteiger partial charge in [-0.1, -0.05) is 11.6 Å². The summed E-state index contributed by atoms with van der Waals surface area (Å²) in [6.45, 7) is -0.0186. The molecule has 2 aromatic heterocycles. The molecule has 0 radical (unpaired) electrons. The molecule has 0 atom stereocenters. The third-order valence-electron chi connectivity index (χ3n) is 3.10. The van der Waals surface area contributed by atoms with Crippen molar-refractivity contribution in [3.63, 3.8) is 0 Å². The molecule has 3 rings (SSSR count). The fourth-order valence-electron chi connectivity index (χ4n) is 2.24. The van der Waals surface area contributed by atoms with Crippen LogP contribution >= 0.6 is 27.5 Å².